The minimum absolute atomic E-state index is 0.199. The molecule has 0 aliphatic carbocycles. The molecule has 0 N–H and O–H groups in total. The van der Waals surface area contributed by atoms with Crippen LogP contribution in [0.3, 0.4) is 0 Å². The maximum atomic E-state index is 13.6. The van der Waals surface area contributed by atoms with Gasteiger partial charge in [-0.15, -0.1) is 0 Å². The number of hydrogen-bond acceptors (Lipinski definition) is 6. The number of pyridine rings is 1. The third-order valence-electron chi connectivity index (χ3n) is 6.05. The van der Waals surface area contributed by atoms with Crippen molar-refractivity contribution in [1.82, 2.24) is 4.98 Å². The summed E-state index contributed by atoms with van der Waals surface area (Å²) in [6, 6.07) is 11.9. The Labute approximate surface area is 213 Å². The SMILES string of the molecule is COc1c(C)cnc(CN(C(=O)OC(C)(C)C)c2cc3c(c(-c4ccccc4C)c2)OCCO3)c1C. The predicted molar refractivity (Wildman–Crippen MR) is 140 cm³/mol. The van der Waals surface area contributed by atoms with E-state index in [9.17, 15) is 4.79 Å². The highest BCUT2D eigenvalue weighted by Crippen LogP contribution is 2.45. The largest absolute Gasteiger partial charge is 0.496 e. The van der Waals surface area contributed by atoms with E-state index in [2.05, 4.69) is 18.0 Å². The van der Waals surface area contributed by atoms with E-state index in [4.69, 9.17) is 18.9 Å². The standard InChI is InChI=1S/C29H34N2O5/c1-18-10-8-9-11-22(18)23-14-21(15-25-27(23)35-13-12-34-25)31(28(32)36-29(4,5)6)17-24-20(3)26(33-7)19(2)16-30-24/h8-11,14-16H,12-13,17H2,1-7H3. The van der Waals surface area contributed by atoms with Crippen LogP contribution >= 0.6 is 0 Å². The molecule has 2 heterocycles. The van der Waals surface area contributed by atoms with Crippen LogP contribution in [0.1, 0.15) is 43.2 Å². The van der Waals surface area contributed by atoms with Gasteiger partial charge in [0, 0.05) is 29.0 Å². The van der Waals surface area contributed by atoms with E-state index in [0.717, 1.165) is 39.3 Å². The second kappa shape index (κ2) is 10.1. The van der Waals surface area contributed by atoms with Gasteiger partial charge in [-0.25, -0.2) is 4.79 Å². The number of hydrogen-bond donors (Lipinski definition) is 0. The Kier molecular flexibility index (Phi) is 7.11. The number of anilines is 1. The van der Waals surface area contributed by atoms with Gasteiger partial charge in [0.15, 0.2) is 11.5 Å². The molecule has 0 spiro atoms. The maximum Gasteiger partial charge on any atom is 0.415 e. The molecule has 1 aliphatic heterocycles. The minimum Gasteiger partial charge on any atom is -0.496 e. The molecule has 1 aliphatic rings. The fraction of sp³-hybridized carbons (Fsp3) is 0.379. The van der Waals surface area contributed by atoms with Gasteiger partial charge in [0.25, 0.3) is 0 Å². The number of nitrogens with zero attached hydrogens (tertiary/aromatic N) is 2. The monoisotopic (exact) mass is 490 g/mol. The first-order chi connectivity index (χ1) is 17.1. The fourth-order valence-corrected chi connectivity index (χ4v) is 4.33. The van der Waals surface area contributed by atoms with Crippen LogP contribution in [0.15, 0.2) is 42.6 Å². The highest BCUT2D eigenvalue weighted by atomic mass is 16.6. The summed E-state index contributed by atoms with van der Waals surface area (Å²) in [5.74, 6) is 2.03. The minimum atomic E-state index is -0.671. The number of ether oxygens (including phenoxy) is 4. The van der Waals surface area contributed by atoms with Crippen molar-refractivity contribution in [2.45, 2.75) is 53.7 Å². The van der Waals surface area contributed by atoms with E-state index in [1.807, 2.05) is 65.0 Å². The third kappa shape index (κ3) is 5.25. The van der Waals surface area contributed by atoms with Crippen LogP contribution in [0.25, 0.3) is 11.1 Å². The van der Waals surface area contributed by atoms with Crippen LogP contribution in [0.2, 0.25) is 0 Å². The number of carbonyl (C=O) groups is 1. The van der Waals surface area contributed by atoms with Crippen molar-refractivity contribution in [1.29, 1.82) is 0 Å². The number of carbonyl (C=O) groups excluding carboxylic acids is 1. The second-order valence-electron chi connectivity index (χ2n) is 9.95. The Morgan fingerprint density at radius 2 is 1.75 bits per heavy atom. The van der Waals surface area contributed by atoms with Gasteiger partial charge in [-0.05, 0) is 58.7 Å². The number of aromatic nitrogens is 1. The molecule has 1 amide bonds. The molecular weight excluding hydrogens is 456 g/mol. The van der Waals surface area contributed by atoms with Crippen LogP contribution in [-0.4, -0.2) is 37.0 Å². The predicted octanol–water partition coefficient (Wildman–Crippen LogP) is 6.40. The van der Waals surface area contributed by atoms with Gasteiger partial charge >= 0.3 is 6.09 Å². The Bertz CT molecular complexity index is 1280. The van der Waals surface area contributed by atoms with Crippen LogP contribution in [0, 0.1) is 20.8 Å². The molecule has 7 nitrogen and oxygen atoms in total. The highest BCUT2D eigenvalue weighted by Gasteiger charge is 2.28. The molecule has 7 heteroatoms. The zero-order valence-corrected chi connectivity index (χ0v) is 22.1. The first-order valence-electron chi connectivity index (χ1n) is 12.1. The number of aryl methyl sites for hydroxylation is 2. The van der Waals surface area contributed by atoms with Crippen molar-refractivity contribution in [3.63, 3.8) is 0 Å². The van der Waals surface area contributed by atoms with E-state index in [1.54, 1.807) is 18.2 Å². The Morgan fingerprint density at radius 1 is 1.03 bits per heavy atom. The van der Waals surface area contributed by atoms with Crippen molar-refractivity contribution < 1.29 is 23.7 Å². The number of amides is 1. The molecule has 0 bridgehead atoms. The Morgan fingerprint density at radius 3 is 2.44 bits per heavy atom. The zero-order chi connectivity index (χ0) is 26.0. The molecular formula is C29H34N2O5. The lowest BCUT2D eigenvalue weighted by Crippen LogP contribution is -2.37. The molecule has 0 saturated carbocycles. The molecule has 190 valence electrons. The van der Waals surface area contributed by atoms with E-state index in [0.29, 0.717) is 30.4 Å². The molecule has 36 heavy (non-hydrogen) atoms. The summed E-state index contributed by atoms with van der Waals surface area (Å²) in [5.41, 5.74) is 5.46. The molecule has 4 rings (SSSR count). The summed E-state index contributed by atoms with van der Waals surface area (Å²) in [6.07, 6.45) is 1.28. The first-order valence-corrected chi connectivity index (χ1v) is 12.1. The van der Waals surface area contributed by atoms with Crippen molar-refractivity contribution in [2.24, 2.45) is 0 Å². The maximum absolute atomic E-state index is 13.6. The lowest BCUT2D eigenvalue weighted by Gasteiger charge is -2.30. The van der Waals surface area contributed by atoms with Gasteiger partial charge in [0.2, 0.25) is 0 Å². The molecule has 0 unspecified atom stereocenters. The van der Waals surface area contributed by atoms with E-state index in [-0.39, 0.29) is 6.54 Å². The van der Waals surface area contributed by atoms with Crippen LogP contribution < -0.4 is 19.1 Å². The molecule has 1 aromatic heterocycles. The van der Waals surface area contributed by atoms with Crippen LogP contribution in [0.5, 0.6) is 17.2 Å². The Hall–Kier alpha value is -3.74. The number of fused-ring (bicyclic) bond motifs is 1. The van der Waals surface area contributed by atoms with Crippen molar-refractivity contribution in [3.8, 4) is 28.4 Å². The number of methoxy groups -OCH3 is 1. The van der Waals surface area contributed by atoms with Crippen molar-refractivity contribution >= 4 is 11.8 Å². The molecule has 0 radical (unpaired) electrons. The highest BCUT2D eigenvalue weighted by molar-refractivity contribution is 5.91. The summed E-state index contributed by atoms with van der Waals surface area (Å²) >= 11 is 0. The van der Waals surface area contributed by atoms with Gasteiger partial charge < -0.3 is 18.9 Å². The van der Waals surface area contributed by atoms with E-state index in [1.165, 1.54) is 0 Å². The summed E-state index contributed by atoms with van der Waals surface area (Å²) in [5, 5.41) is 0. The summed E-state index contributed by atoms with van der Waals surface area (Å²) in [4.78, 5) is 19.8. The number of benzene rings is 2. The van der Waals surface area contributed by atoms with Gasteiger partial charge in [-0.2, -0.15) is 0 Å². The lowest BCUT2D eigenvalue weighted by atomic mass is 9.98. The van der Waals surface area contributed by atoms with Crippen molar-refractivity contribution in [2.75, 3.05) is 25.2 Å². The number of rotatable bonds is 5. The van der Waals surface area contributed by atoms with E-state index < -0.39 is 11.7 Å². The molecule has 2 aromatic carbocycles. The van der Waals surface area contributed by atoms with Gasteiger partial charge in [0.05, 0.1) is 25.0 Å². The average molecular weight is 491 g/mol. The lowest BCUT2D eigenvalue weighted by molar-refractivity contribution is 0.0577. The summed E-state index contributed by atoms with van der Waals surface area (Å²) in [6.45, 7) is 12.6. The van der Waals surface area contributed by atoms with Gasteiger partial charge in [0.1, 0.15) is 24.6 Å². The van der Waals surface area contributed by atoms with Crippen LogP contribution in [-0.2, 0) is 11.3 Å². The molecule has 0 fully saturated rings. The molecule has 0 atom stereocenters. The molecule has 3 aromatic rings. The third-order valence-corrected chi connectivity index (χ3v) is 6.05. The summed E-state index contributed by atoms with van der Waals surface area (Å²) in [7, 11) is 1.64. The topological polar surface area (TPSA) is 70.1 Å². The smallest absolute Gasteiger partial charge is 0.415 e. The first kappa shape index (κ1) is 25.4. The zero-order valence-electron chi connectivity index (χ0n) is 22.1. The van der Waals surface area contributed by atoms with E-state index >= 15 is 0 Å². The average Bonchev–Trinajstić information content (AvgIpc) is 2.82. The van der Waals surface area contributed by atoms with Gasteiger partial charge in [-0.1, -0.05) is 24.3 Å². The summed E-state index contributed by atoms with van der Waals surface area (Å²) < 4.78 is 23.4. The quantitative estimate of drug-likeness (QED) is 0.412. The van der Waals surface area contributed by atoms with Gasteiger partial charge in [-0.3, -0.25) is 9.88 Å². The normalized spacial score (nSPS) is 12.8. The molecule has 0 saturated heterocycles. The second-order valence-corrected chi connectivity index (χ2v) is 9.95. The fourth-order valence-electron chi connectivity index (χ4n) is 4.33. The van der Waals surface area contributed by atoms with Crippen LogP contribution in [0.4, 0.5) is 10.5 Å². The van der Waals surface area contributed by atoms with Crippen molar-refractivity contribution in [3.05, 3.63) is 65.0 Å². The Balaban J connectivity index is 1.87.